The number of hydrogen-bond acceptors (Lipinski definition) is 3. The fourth-order valence-electron chi connectivity index (χ4n) is 2.20. The molecule has 1 aliphatic heterocycles. The van der Waals surface area contributed by atoms with Crippen LogP contribution in [0.1, 0.15) is 24.8 Å². The minimum Gasteiger partial charge on any atom is -0.497 e. The van der Waals surface area contributed by atoms with E-state index < -0.39 is 0 Å². The lowest BCUT2D eigenvalue weighted by atomic mass is 10.1. The standard InChI is InChI=1S/C15H20N2O3/c1-20-13-7-5-12(6-8-13)10-16-14(18)11-17-9-3-2-4-15(17)19/h5-8H,2-4,9-11H2,1H3,(H,16,18). The molecular formula is C15H20N2O3. The largest absolute Gasteiger partial charge is 0.497 e. The Kier molecular flexibility index (Phi) is 4.98. The van der Waals surface area contributed by atoms with Crippen LogP contribution in [-0.4, -0.2) is 36.9 Å². The smallest absolute Gasteiger partial charge is 0.239 e. The van der Waals surface area contributed by atoms with Gasteiger partial charge in [-0.05, 0) is 30.5 Å². The summed E-state index contributed by atoms with van der Waals surface area (Å²) in [6.45, 7) is 1.31. The predicted octanol–water partition coefficient (Wildman–Crippen LogP) is 1.32. The molecule has 0 saturated carbocycles. The maximum absolute atomic E-state index is 11.8. The van der Waals surface area contributed by atoms with E-state index in [1.807, 2.05) is 24.3 Å². The van der Waals surface area contributed by atoms with Crippen LogP contribution in [0.25, 0.3) is 0 Å². The molecule has 1 aromatic carbocycles. The van der Waals surface area contributed by atoms with Gasteiger partial charge < -0.3 is 15.0 Å². The summed E-state index contributed by atoms with van der Waals surface area (Å²) < 4.78 is 5.08. The molecule has 0 aromatic heterocycles. The quantitative estimate of drug-likeness (QED) is 0.882. The molecule has 5 heteroatoms. The molecule has 0 spiro atoms. The van der Waals surface area contributed by atoms with Gasteiger partial charge in [0.05, 0.1) is 13.7 Å². The van der Waals surface area contributed by atoms with E-state index in [0.717, 1.165) is 24.2 Å². The zero-order valence-electron chi connectivity index (χ0n) is 11.7. The predicted molar refractivity (Wildman–Crippen MR) is 75.3 cm³/mol. The van der Waals surface area contributed by atoms with E-state index >= 15 is 0 Å². The molecule has 1 aromatic rings. The number of nitrogens with zero attached hydrogens (tertiary/aromatic N) is 1. The van der Waals surface area contributed by atoms with Crippen molar-refractivity contribution in [3.8, 4) is 5.75 Å². The number of ether oxygens (including phenoxy) is 1. The summed E-state index contributed by atoms with van der Waals surface area (Å²) in [6.07, 6.45) is 2.48. The lowest BCUT2D eigenvalue weighted by Gasteiger charge is -2.25. The molecule has 5 nitrogen and oxygen atoms in total. The topological polar surface area (TPSA) is 58.6 Å². The van der Waals surface area contributed by atoms with Gasteiger partial charge in [-0.15, -0.1) is 0 Å². The van der Waals surface area contributed by atoms with E-state index in [1.54, 1.807) is 12.0 Å². The van der Waals surface area contributed by atoms with Gasteiger partial charge in [-0.3, -0.25) is 9.59 Å². The minimum absolute atomic E-state index is 0.0795. The Bertz CT molecular complexity index is 471. The van der Waals surface area contributed by atoms with E-state index in [0.29, 0.717) is 19.5 Å². The third kappa shape index (κ3) is 3.98. The molecule has 0 unspecified atom stereocenters. The van der Waals surface area contributed by atoms with Crippen molar-refractivity contribution in [2.45, 2.75) is 25.8 Å². The maximum atomic E-state index is 11.8. The van der Waals surface area contributed by atoms with Crippen molar-refractivity contribution in [2.75, 3.05) is 20.2 Å². The third-order valence-corrected chi connectivity index (χ3v) is 3.40. The van der Waals surface area contributed by atoms with Crippen LogP contribution in [0.4, 0.5) is 0 Å². The first-order valence-corrected chi connectivity index (χ1v) is 6.86. The molecule has 1 fully saturated rings. The molecule has 20 heavy (non-hydrogen) atoms. The van der Waals surface area contributed by atoms with Gasteiger partial charge in [0.2, 0.25) is 11.8 Å². The van der Waals surface area contributed by atoms with Gasteiger partial charge >= 0.3 is 0 Å². The molecule has 1 aliphatic rings. The van der Waals surface area contributed by atoms with Gasteiger partial charge in [0.1, 0.15) is 5.75 Å². The highest BCUT2D eigenvalue weighted by atomic mass is 16.5. The van der Waals surface area contributed by atoms with Crippen LogP contribution in [0.2, 0.25) is 0 Å². The Morgan fingerprint density at radius 2 is 2.05 bits per heavy atom. The minimum atomic E-state index is -0.115. The number of likely N-dealkylation sites (tertiary alicyclic amines) is 1. The van der Waals surface area contributed by atoms with Crippen LogP contribution in [0.5, 0.6) is 5.75 Å². The number of piperidine rings is 1. The molecule has 0 bridgehead atoms. The Morgan fingerprint density at radius 3 is 2.70 bits per heavy atom. The van der Waals surface area contributed by atoms with Gasteiger partial charge in [0.15, 0.2) is 0 Å². The number of methoxy groups -OCH3 is 1. The Balaban J connectivity index is 1.77. The fourth-order valence-corrected chi connectivity index (χ4v) is 2.20. The number of rotatable bonds is 5. The van der Waals surface area contributed by atoms with E-state index in [4.69, 9.17) is 4.74 Å². The molecule has 2 rings (SSSR count). The number of amides is 2. The SMILES string of the molecule is COc1ccc(CNC(=O)CN2CCCCC2=O)cc1. The summed E-state index contributed by atoms with van der Waals surface area (Å²) in [6, 6.07) is 7.53. The van der Waals surface area contributed by atoms with Crippen molar-refractivity contribution in [3.63, 3.8) is 0 Å². The third-order valence-electron chi connectivity index (χ3n) is 3.40. The zero-order valence-corrected chi connectivity index (χ0v) is 11.7. The van der Waals surface area contributed by atoms with Crippen molar-refractivity contribution >= 4 is 11.8 Å². The molecule has 0 atom stereocenters. The van der Waals surface area contributed by atoms with Crippen LogP contribution >= 0.6 is 0 Å². The number of benzene rings is 1. The summed E-state index contributed by atoms with van der Waals surface area (Å²) in [4.78, 5) is 25.1. The van der Waals surface area contributed by atoms with Crippen molar-refractivity contribution in [2.24, 2.45) is 0 Å². The van der Waals surface area contributed by atoms with E-state index in [1.165, 1.54) is 0 Å². The Labute approximate surface area is 118 Å². The average Bonchev–Trinajstić information content (AvgIpc) is 2.48. The summed E-state index contributed by atoms with van der Waals surface area (Å²) in [5, 5.41) is 2.83. The second-order valence-corrected chi connectivity index (χ2v) is 4.90. The molecule has 108 valence electrons. The van der Waals surface area contributed by atoms with Crippen molar-refractivity contribution < 1.29 is 14.3 Å². The summed E-state index contributed by atoms with van der Waals surface area (Å²) in [7, 11) is 1.62. The lowest BCUT2D eigenvalue weighted by molar-refractivity contribution is -0.137. The molecule has 1 N–H and O–H groups in total. The molecule has 0 aliphatic carbocycles. The second-order valence-electron chi connectivity index (χ2n) is 4.90. The highest BCUT2D eigenvalue weighted by Crippen LogP contribution is 2.11. The first-order valence-electron chi connectivity index (χ1n) is 6.86. The molecular weight excluding hydrogens is 256 g/mol. The summed E-state index contributed by atoms with van der Waals surface area (Å²) >= 11 is 0. The summed E-state index contributed by atoms with van der Waals surface area (Å²) in [5.41, 5.74) is 1.00. The van der Waals surface area contributed by atoms with Gasteiger partial charge in [-0.2, -0.15) is 0 Å². The molecule has 1 heterocycles. The van der Waals surface area contributed by atoms with Crippen molar-refractivity contribution in [1.82, 2.24) is 10.2 Å². The van der Waals surface area contributed by atoms with Crippen LogP contribution in [0.15, 0.2) is 24.3 Å². The first kappa shape index (κ1) is 14.4. The van der Waals surface area contributed by atoms with Crippen molar-refractivity contribution in [1.29, 1.82) is 0 Å². The molecule has 1 saturated heterocycles. The van der Waals surface area contributed by atoms with Crippen LogP contribution < -0.4 is 10.1 Å². The van der Waals surface area contributed by atoms with Gasteiger partial charge in [0.25, 0.3) is 0 Å². The lowest BCUT2D eigenvalue weighted by Crippen LogP contribution is -2.42. The van der Waals surface area contributed by atoms with Crippen LogP contribution in [0, 0.1) is 0 Å². The van der Waals surface area contributed by atoms with E-state index in [-0.39, 0.29) is 18.4 Å². The van der Waals surface area contributed by atoms with Gasteiger partial charge in [-0.25, -0.2) is 0 Å². The monoisotopic (exact) mass is 276 g/mol. The Hall–Kier alpha value is -2.04. The molecule has 2 amide bonds. The van der Waals surface area contributed by atoms with Crippen LogP contribution in [-0.2, 0) is 16.1 Å². The molecule has 0 radical (unpaired) electrons. The second kappa shape index (κ2) is 6.93. The van der Waals surface area contributed by atoms with Crippen LogP contribution in [0.3, 0.4) is 0 Å². The first-order chi connectivity index (χ1) is 9.69. The number of carbonyl (C=O) groups excluding carboxylic acids is 2. The number of hydrogen-bond donors (Lipinski definition) is 1. The fraction of sp³-hybridized carbons (Fsp3) is 0.467. The zero-order chi connectivity index (χ0) is 14.4. The maximum Gasteiger partial charge on any atom is 0.239 e. The average molecular weight is 276 g/mol. The van der Waals surface area contributed by atoms with E-state index in [9.17, 15) is 9.59 Å². The van der Waals surface area contributed by atoms with E-state index in [2.05, 4.69) is 5.32 Å². The highest BCUT2D eigenvalue weighted by Gasteiger charge is 2.20. The number of carbonyl (C=O) groups is 2. The number of nitrogens with one attached hydrogen (secondary N) is 1. The summed E-state index contributed by atoms with van der Waals surface area (Å²) in [5.74, 6) is 0.755. The van der Waals surface area contributed by atoms with Gasteiger partial charge in [0, 0.05) is 19.5 Å². The highest BCUT2D eigenvalue weighted by molar-refractivity contribution is 5.85. The van der Waals surface area contributed by atoms with Crippen molar-refractivity contribution in [3.05, 3.63) is 29.8 Å². The van der Waals surface area contributed by atoms with Gasteiger partial charge in [-0.1, -0.05) is 12.1 Å². The normalized spacial score (nSPS) is 15.1. The Morgan fingerprint density at radius 1 is 1.30 bits per heavy atom.